The molecule has 3 saturated heterocycles. The second-order valence-corrected chi connectivity index (χ2v) is 9.70. The fraction of sp³-hybridized carbons (Fsp3) is 0.381. The number of halogens is 1. The Morgan fingerprint density at radius 2 is 1.93 bits per heavy atom. The summed E-state index contributed by atoms with van der Waals surface area (Å²) in [7, 11) is -3.96. The van der Waals surface area contributed by atoms with E-state index in [4.69, 9.17) is 4.74 Å². The molecule has 0 bridgehead atoms. The third-order valence-corrected chi connectivity index (χ3v) is 8.38. The predicted molar refractivity (Wildman–Crippen MR) is 103 cm³/mol. The van der Waals surface area contributed by atoms with Crippen LogP contribution < -0.4 is 0 Å². The molecule has 3 aliphatic rings. The molecule has 3 aliphatic heterocycles. The lowest BCUT2D eigenvalue weighted by Gasteiger charge is -2.33. The number of hydrogen-bond acceptors (Lipinski definition) is 4. The number of sulfonamides is 1. The highest BCUT2D eigenvalue weighted by Gasteiger charge is 2.66. The van der Waals surface area contributed by atoms with E-state index in [-0.39, 0.29) is 29.8 Å². The first kappa shape index (κ1) is 18.7. The SMILES string of the molecule is Cc1ccc(F)cc1S(=O)(=O)N1CC[C@@]23OC[C@@H](c4ccccc4)N2C(=O)C[C@@H]13. The highest BCUT2D eigenvalue weighted by molar-refractivity contribution is 7.89. The maximum atomic E-state index is 13.8. The monoisotopic (exact) mass is 416 g/mol. The fourth-order valence-corrected chi connectivity index (χ4v) is 6.89. The topological polar surface area (TPSA) is 66.9 Å². The van der Waals surface area contributed by atoms with Crippen molar-refractivity contribution in [1.82, 2.24) is 9.21 Å². The Labute approximate surface area is 168 Å². The van der Waals surface area contributed by atoms with Crippen LogP contribution >= 0.6 is 0 Å². The van der Waals surface area contributed by atoms with Gasteiger partial charge in [0.05, 0.1) is 23.6 Å². The van der Waals surface area contributed by atoms with E-state index in [0.717, 1.165) is 11.6 Å². The van der Waals surface area contributed by atoms with Gasteiger partial charge < -0.3 is 9.64 Å². The molecule has 1 amide bonds. The van der Waals surface area contributed by atoms with Crippen LogP contribution in [-0.2, 0) is 19.6 Å². The summed E-state index contributed by atoms with van der Waals surface area (Å²) in [5.74, 6) is -0.717. The minimum absolute atomic E-state index is 0.0574. The molecule has 0 N–H and O–H groups in total. The van der Waals surface area contributed by atoms with E-state index >= 15 is 0 Å². The number of nitrogens with zero attached hydrogens (tertiary/aromatic N) is 2. The lowest BCUT2D eigenvalue weighted by molar-refractivity contribution is -0.138. The molecule has 2 aromatic rings. The van der Waals surface area contributed by atoms with E-state index in [2.05, 4.69) is 0 Å². The number of benzene rings is 2. The summed E-state index contributed by atoms with van der Waals surface area (Å²) in [6.07, 6.45) is 0.470. The van der Waals surface area contributed by atoms with Crippen molar-refractivity contribution in [1.29, 1.82) is 0 Å². The van der Waals surface area contributed by atoms with E-state index in [1.54, 1.807) is 11.8 Å². The van der Waals surface area contributed by atoms with Crippen molar-refractivity contribution >= 4 is 15.9 Å². The lowest BCUT2D eigenvalue weighted by atomic mass is 10.0. The minimum atomic E-state index is -3.96. The molecule has 6 nitrogen and oxygen atoms in total. The molecule has 5 rings (SSSR count). The number of carbonyl (C=O) groups is 1. The first-order valence-electron chi connectivity index (χ1n) is 9.64. The zero-order valence-electron chi connectivity index (χ0n) is 15.9. The maximum Gasteiger partial charge on any atom is 0.243 e. The van der Waals surface area contributed by atoms with Crippen LogP contribution in [0.15, 0.2) is 53.4 Å². The van der Waals surface area contributed by atoms with E-state index in [1.165, 1.54) is 16.4 Å². The second kappa shape index (κ2) is 6.35. The minimum Gasteiger partial charge on any atom is -0.351 e. The zero-order valence-corrected chi connectivity index (χ0v) is 16.7. The van der Waals surface area contributed by atoms with Crippen LogP contribution in [0.25, 0.3) is 0 Å². The van der Waals surface area contributed by atoms with Gasteiger partial charge >= 0.3 is 0 Å². The lowest BCUT2D eigenvalue weighted by Crippen LogP contribution is -2.49. The molecule has 2 aromatic carbocycles. The highest BCUT2D eigenvalue weighted by atomic mass is 32.2. The first-order chi connectivity index (χ1) is 13.8. The quantitative estimate of drug-likeness (QED) is 0.772. The summed E-state index contributed by atoms with van der Waals surface area (Å²) in [4.78, 5) is 14.6. The number of carbonyl (C=O) groups excluding carboxylic acids is 1. The fourth-order valence-electron chi connectivity index (χ4n) is 4.99. The first-order valence-corrected chi connectivity index (χ1v) is 11.1. The van der Waals surface area contributed by atoms with E-state index in [9.17, 15) is 17.6 Å². The van der Waals surface area contributed by atoms with Crippen molar-refractivity contribution in [2.24, 2.45) is 0 Å². The largest absolute Gasteiger partial charge is 0.351 e. The number of hydrogen-bond donors (Lipinski definition) is 0. The van der Waals surface area contributed by atoms with Gasteiger partial charge in [0.25, 0.3) is 0 Å². The molecular weight excluding hydrogens is 395 g/mol. The summed E-state index contributed by atoms with van der Waals surface area (Å²) in [5.41, 5.74) is 0.495. The van der Waals surface area contributed by atoms with Crippen LogP contribution in [0.1, 0.15) is 30.0 Å². The maximum absolute atomic E-state index is 13.8. The van der Waals surface area contributed by atoms with Gasteiger partial charge in [-0.05, 0) is 30.2 Å². The second-order valence-electron chi connectivity index (χ2n) is 7.84. The van der Waals surface area contributed by atoms with Gasteiger partial charge in [0, 0.05) is 19.4 Å². The number of ether oxygens (including phenoxy) is 1. The van der Waals surface area contributed by atoms with Gasteiger partial charge in [-0.25, -0.2) is 12.8 Å². The van der Waals surface area contributed by atoms with Gasteiger partial charge in [-0.3, -0.25) is 4.79 Å². The van der Waals surface area contributed by atoms with Gasteiger partial charge in [-0.1, -0.05) is 36.4 Å². The average Bonchev–Trinajstić information content (AvgIpc) is 3.33. The van der Waals surface area contributed by atoms with Gasteiger partial charge in [-0.15, -0.1) is 0 Å². The number of amides is 1. The molecule has 0 unspecified atom stereocenters. The molecule has 0 saturated carbocycles. The smallest absolute Gasteiger partial charge is 0.243 e. The van der Waals surface area contributed by atoms with E-state index < -0.39 is 27.6 Å². The Bertz CT molecular complexity index is 1090. The van der Waals surface area contributed by atoms with Gasteiger partial charge in [-0.2, -0.15) is 4.31 Å². The van der Waals surface area contributed by atoms with Crippen LogP contribution in [0.5, 0.6) is 0 Å². The summed E-state index contributed by atoms with van der Waals surface area (Å²) < 4.78 is 48.0. The average molecular weight is 416 g/mol. The van der Waals surface area contributed by atoms with Crippen molar-refractivity contribution < 1.29 is 22.3 Å². The summed E-state index contributed by atoms with van der Waals surface area (Å²) in [6, 6.07) is 12.5. The van der Waals surface area contributed by atoms with Crippen molar-refractivity contribution in [2.75, 3.05) is 13.2 Å². The van der Waals surface area contributed by atoms with Gasteiger partial charge in [0.2, 0.25) is 15.9 Å². The Balaban J connectivity index is 1.53. The zero-order chi connectivity index (χ0) is 20.4. The molecule has 3 heterocycles. The molecule has 3 fully saturated rings. The Morgan fingerprint density at radius 3 is 2.69 bits per heavy atom. The highest BCUT2D eigenvalue weighted by Crippen LogP contribution is 2.52. The molecule has 29 heavy (non-hydrogen) atoms. The molecule has 8 heteroatoms. The van der Waals surface area contributed by atoms with Crippen LogP contribution in [0.2, 0.25) is 0 Å². The summed E-state index contributed by atoms with van der Waals surface area (Å²) in [5, 5.41) is 0. The van der Waals surface area contributed by atoms with Crippen LogP contribution in [0.3, 0.4) is 0 Å². The van der Waals surface area contributed by atoms with Crippen molar-refractivity contribution in [2.45, 2.75) is 42.5 Å². The molecule has 0 aromatic heterocycles. The third-order valence-electron chi connectivity index (χ3n) is 6.33. The normalized spacial score (nSPS) is 29.3. The van der Waals surface area contributed by atoms with Crippen molar-refractivity contribution in [3.63, 3.8) is 0 Å². The van der Waals surface area contributed by atoms with Gasteiger partial charge in [0.15, 0.2) is 5.72 Å². The molecular formula is C21H21FN2O4S. The molecule has 152 valence electrons. The van der Waals surface area contributed by atoms with E-state index in [0.29, 0.717) is 18.6 Å². The predicted octanol–water partition coefficient (Wildman–Crippen LogP) is 2.60. The number of aryl methyl sites for hydroxylation is 1. The van der Waals surface area contributed by atoms with Gasteiger partial charge in [0.1, 0.15) is 5.82 Å². The summed E-state index contributed by atoms with van der Waals surface area (Å²) in [6.45, 7) is 2.20. The van der Waals surface area contributed by atoms with Crippen LogP contribution in [0.4, 0.5) is 4.39 Å². The molecule has 0 radical (unpaired) electrons. The number of rotatable bonds is 3. The third kappa shape index (κ3) is 2.59. The van der Waals surface area contributed by atoms with Crippen LogP contribution in [-0.4, -0.2) is 48.4 Å². The standard InChI is InChI=1S/C21H21FN2O4S/c1-14-7-8-16(22)11-18(14)29(26,27)23-10-9-21-19(23)12-20(25)24(21)17(13-28-21)15-5-3-2-4-6-15/h2-8,11,17,19H,9-10,12-13H2,1H3/t17-,19+,21-/m0/s1. The molecule has 0 aliphatic carbocycles. The van der Waals surface area contributed by atoms with Crippen molar-refractivity contribution in [3.05, 3.63) is 65.5 Å². The molecule has 1 spiro atoms. The molecule has 3 atom stereocenters. The van der Waals surface area contributed by atoms with Crippen LogP contribution in [0, 0.1) is 12.7 Å². The summed E-state index contributed by atoms with van der Waals surface area (Å²) >= 11 is 0. The van der Waals surface area contributed by atoms with E-state index in [1.807, 2.05) is 30.3 Å². The Morgan fingerprint density at radius 1 is 1.17 bits per heavy atom. The Kier molecular flexibility index (Phi) is 4.10. The Hall–Kier alpha value is -2.29. The van der Waals surface area contributed by atoms with Crippen molar-refractivity contribution in [3.8, 4) is 0 Å².